The number of thioether (sulfide) groups is 1. The fourth-order valence-electron chi connectivity index (χ4n) is 2.39. The molecule has 1 aliphatic heterocycles. The van der Waals surface area contributed by atoms with Gasteiger partial charge < -0.3 is 9.84 Å². The molecule has 19 heavy (non-hydrogen) atoms. The average Bonchev–Trinajstić information content (AvgIpc) is 2.75. The highest BCUT2D eigenvalue weighted by Crippen LogP contribution is 2.36. The van der Waals surface area contributed by atoms with Crippen molar-refractivity contribution in [3.63, 3.8) is 0 Å². The molecule has 1 N–H and O–H groups in total. The maximum Gasteiger partial charge on any atom is 0.312 e. The summed E-state index contributed by atoms with van der Waals surface area (Å²) < 4.78 is 5.04. The summed E-state index contributed by atoms with van der Waals surface area (Å²) in [6.45, 7) is 2.16. The van der Waals surface area contributed by atoms with Gasteiger partial charge in [0, 0.05) is 17.4 Å². The second-order valence-electron chi connectivity index (χ2n) is 4.83. The Morgan fingerprint density at radius 3 is 2.84 bits per heavy atom. The van der Waals surface area contributed by atoms with E-state index in [1.807, 2.05) is 0 Å². The molecule has 0 radical (unpaired) electrons. The van der Waals surface area contributed by atoms with Crippen LogP contribution in [0.15, 0.2) is 0 Å². The topological polar surface area (TPSA) is 70.3 Å². The van der Waals surface area contributed by atoms with Crippen LogP contribution in [0.1, 0.15) is 45.4 Å². The van der Waals surface area contributed by atoms with Crippen LogP contribution in [0.25, 0.3) is 0 Å². The quantitative estimate of drug-likeness (QED) is 0.548. The Morgan fingerprint density at radius 2 is 2.16 bits per heavy atom. The average molecular weight is 285 g/mol. The van der Waals surface area contributed by atoms with E-state index in [9.17, 15) is 9.90 Å². The van der Waals surface area contributed by atoms with Crippen molar-refractivity contribution in [3.05, 3.63) is 0 Å². The minimum absolute atomic E-state index is 0.185. The van der Waals surface area contributed by atoms with E-state index in [-0.39, 0.29) is 17.1 Å². The molecule has 1 saturated heterocycles. The van der Waals surface area contributed by atoms with Crippen molar-refractivity contribution in [2.75, 3.05) is 12.4 Å². The van der Waals surface area contributed by atoms with Gasteiger partial charge in [0.2, 0.25) is 0 Å². The number of esters is 1. The van der Waals surface area contributed by atoms with Gasteiger partial charge >= 0.3 is 5.97 Å². The molecule has 0 amide bonds. The first-order valence-corrected chi connectivity index (χ1v) is 8.08. The summed E-state index contributed by atoms with van der Waals surface area (Å²) in [4.78, 5) is 11.8. The normalized spacial score (nSPS) is 26.1. The number of carbonyl (C=O) groups is 1. The summed E-state index contributed by atoms with van der Waals surface area (Å²) in [5.41, 5.74) is 0. The minimum Gasteiger partial charge on any atom is -0.466 e. The minimum atomic E-state index is -0.562. The van der Waals surface area contributed by atoms with E-state index in [1.165, 1.54) is 0 Å². The van der Waals surface area contributed by atoms with E-state index in [1.54, 1.807) is 18.7 Å². The van der Waals surface area contributed by atoms with E-state index in [2.05, 4.69) is 6.07 Å². The molecule has 0 spiro atoms. The van der Waals surface area contributed by atoms with E-state index in [0.29, 0.717) is 18.8 Å². The predicted octanol–water partition coefficient (Wildman–Crippen LogP) is 2.51. The van der Waals surface area contributed by atoms with Crippen molar-refractivity contribution in [3.8, 4) is 6.07 Å². The first-order chi connectivity index (χ1) is 9.20. The standard InChI is InChI=1S/C14H23NO3S/c1-2-18-14(17)13-11(16)10-19-12(13)8-6-4-3-5-7-9-15/h11-13,16H,2-8,10H2,1H3. The Morgan fingerprint density at radius 1 is 1.42 bits per heavy atom. The third kappa shape index (κ3) is 5.42. The SMILES string of the molecule is CCOC(=O)C1C(O)CSC1CCCCCCC#N. The maximum absolute atomic E-state index is 11.8. The largest absolute Gasteiger partial charge is 0.466 e. The Bertz CT molecular complexity index is 316. The Labute approximate surface area is 119 Å². The summed E-state index contributed by atoms with van der Waals surface area (Å²) in [5, 5.41) is 18.5. The number of aliphatic hydroxyl groups excluding tert-OH is 1. The van der Waals surface area contributed by atoms with Crippen LogP contribution in [0.2, 0.25) is 0 Å². The van der Waals surface area contributed by atoms with Crippen LogP contribution in [0.4, 0.5) is 0 Å². The Balaban J connectivity index is 2.27. The van der Waals surface area contributed by atoms with Gasteiger partial charge in [-0.05, 0) is 19.8 Å². The van der Waals surface area contributed by atoms with Crippen molar-refractivity contribution in [2.24, 2.45) is 5.92 Å². The van der Waals surface area contributed by atoms with Crippen LogP contribution >= 0.6 is 11.8 Å². The Kier molecular flexibility index (Phi) is 7.92. The summed E-state index contributed by atoms with van der Waals surface area (Å²) in [7, 11) is 0. The molecule has 1 fully saturated rings. The molecule has 3 atom stereocenters. The van der Waals surface area contributed by atoms with Crippen molar-refractivity contribution in [2.45, 2.75) is 56.8 Å². The van der Waals surface area contributed by atoms with Gasteiger partial charge in [-0.2, -0.15) is 17.0 Å². The van der Waals surface area contributed by atoms with E-state index >= 15 is 0 Å². The maximum atomic E-state index is 11.8. The number of nitriles is 1. The van der Waals surface area contributed by atoms with E-state index in [4.69, 9.17) is 10.00 Å². The molecule has 0 aromatic carbocycles. The molecule has 0 bridgehead atoms. The lowest BCUT2D eigenvalue weighted by Gasteiger charge is -2.19. The van der Waals surface area contributed by atoms with Crippen LogP contribution in [0.5, 0.6) is 0 Å². The highest BCUT2D eigenvalue weighted by Gasteiger charge is 2.41. The lowest BCUT2D eigenvalue weighted by atomic mass is 9.95. The number of aliphatic hydroxyl groups is 1. The summed E-state index contributed by atoms with van der Waals surface area (Å²) in [5.74, 6) is 0.0151. The molecule has 1 heterocycles. The summed E-state index contributed by atoms with van der Waals surface area (Å²) in [6.07, 6.45) is 5.17. The van der Waals surface area contributed by atoms with Crippen molar-refractivity contribution >= 4 is 17.7 Å². The van der Waals surface area contributed by atoms with Crippen LogP contribution in [-0.2, 0) is 9.53 Å². The molecule has 1 aliphatic rings. The van der Waals surface area contributed by atoms with Crippen molar-refractivity contribution < 1.29 is 14.6 Å². The fraction of sp³-hybridized carbons (Fsp3) is 0.857. The van der Waals surface area contributed by atoms with Crippen LogP contribution in [-0.4, -0.2) is 34.8 Å². The molecule has 108 valence electrons. The first-order valence-electron chi connectivity index (χ1n) is 7.04. The van der Waals surface area contributed by atoms with Crippen molar-refractivity contribution in [1.29, 1.82) is 5.26 Å². The molecule has 1 rings (SSSR count). The number of hydrogen-bond acceptors (Lipinski definition) is 5. The lowest BCUT2D eigenvalue weighted by molar-refractivity contribution is -0.151. The van der Waals surface area contributed by atoms with Gasteiger partial charge in [0.1, 0.15) is 0 Å². The molecule has 5 heteroatoms. The zero-order valence-electron chi connectivity index (χ0n) is 11.5. The summed E-state index contributed by atoms with van der Waals surface area (Å²) >= 11 is 1.68. The number of rotatable bonds is 8. The van der Waals surface area contributed by atoms with E-state index in [0.717, 1.165) is 32.1 Å². The van der Waals surface area contributed by atoms with Gasteiger partial charge in [0.15, 0.2) is 0 Å². The van der Waals surface area contributed by atoms with E-state index < -0.39 is 6.10 Å². The molecule has 0 aromatic heterocycles. The van der Waals surface area contributed by atoms with Crippen LogP contribution < -0.4 is 0 Å². The molecule has 4 nitrogen and oxygen atoms in total. The van der Waals surface area contributed by atoms with Gasteiger partial charge in [-0.15, -0.1) is 0 Å². The second kappa shape index (κ2) is 9.22. The smallest absolute Gasteiger partial charge is 0.312 e. The predicted molar refractivity (Wildman–Crippen MR) is 75.7 cm³/mol. The third-order valence-corrected chi connectivity index (χ3v) is 4.87. The number of nitrogens with zero attached hydrogens (tertiary/aromatic N) is 1. The fourth-order valence-corrected chi connectivity index (χ4v) is 3.88. The highest BCUT2D eigenvalue weighted by atomic mass is 32.2. The molecular weight excluding hydrogens is 262 g/mol. The monoisotopic (exact) mass is 285 g/mol. The molecule has 0 aromatic rings. The van der Waals surface area contributed by atoms with Crippen LogP contribution in [0.3, 0.4) is 0 Å². The lowest BCUT2D eigenvalue weighted by Crippen LogP contribution is -2.33. The number of hydrogen-bond donors (Lipinski definition) is 1. The molecular formula is C14H23NO3S. The second-order valence-corrected chi connectivity index (χ2v) is 6.10. The van der Waals surface area contributed by atoms with Gasteiger partial charge in [-0.25, -0.2) is 0 Å². The zero-order valence-corrected chi connectivity index (χ0v) is 12.3. The number of unbranched alkanes of at least 4 members (excludes halogenated alkanes) is 4. The van der Waals surface area contributed by atoms with Gasteiger partial charge in [-0.1, -0.05) is 19.3 Å². The van der Waals surface area contributed by atoms with Gasteiger partial charge in [0.25, 0.3) is 0 Å². The summed E-state index contributed by atoms with van der Waals surface area (Å²) in [6, 6.07) is 2.14. The Hall–Kier alpha value is -0.730. The molecule has 3 unspecified atom stereocenters. The zero-order chi connectivity index (χ0) is 14.1. The van der Waals surface area contributed by atoms with Gasteiger partial charge in [0.05, 0.1) is 24.7 Å². The van der Waals surface area contributed by atoms with Gasteiger partial charge in [-0.3, -0.25) is 4.79 Å². The molecule has 0 aliphatic carbocycles. The molecule has 0 saturated carbocycles. The van der Waals surface area contributed by atoms with Crippen LogP contribution in [0, 0.1) is 17.2 Å². The third-order valence-electron chi connectivity index (χ3n) is 3.38. The number of ether oxygens (including phenoxy) is 1. The first kappa shape index (κ1) is 16.3. The number of carbonyl (C=O) groups excluding carboxylic acids is 1. The van der Waals surface area contributed by atoms with Crippen molar-refractivity contribution in [1.82, 2.24) is 0 Å². The highest BCUT2D eigenvalue weighted by molar-refractivity contribution is 8.00.